The van der Waals surface area contributed by atoms with Crippen LogP contribution in [0.4, 0.5) is 13.2 Å². The van der Waals surface area contributed by atoms with Crippen molar-refractivity contribution in [2.75, 3.05) is 20.1 Å². The summed E-state index contributed by atoms with van der Waals surface area (Å²) in [7, 11) is 1.78. The van der Waals surface area contributed by atoms with Crippen LogP contribution in [-0.4, -0.2) is 37.0 Å². The molecule has 0 aromatic heterocycles. The van der Waals surface area contributed by atoms with Crippen LogP contribution in [0.2, 0.25) is 0 Å². The molecule has 23 heavy (non-hydrogen) atoms. The predicted molar refractivity (Wildman–Crippen MR) is 81.0 cm³/mol. The zero-order chi connectivity index (χ0) is 16.6. The summed E-state index contributed by atoms with van der Waals surface area (Å²) in [6.45, 7) is 1.76. The average molecular weight is 326 g/mol. The number of nitrogens with one attached hydrogen (secondary N) is 1. The molecule has 1 saturated heterocycles. The van der Waals surface area contributed by atoms with Gasteiger partial charge in [-0.15, -0.1) is 0 Å². The highest BCUT2D eigenvalue weighted by Crippen LogP contribution is 2.51. The summed E-state index contributed by atoms with van der Waals surface area (Å²) in [6.07, 6.45) is -2.05. The molecule has 0 spiro atoms. The number of amides is 1. The Morgan fingerprint density at radius 2 is 1.87 bits per heavy atom. The largest absolute Gasteiger partial charge is 0.416 e. The summed E-state index contributed by atoms with van der Waals surface area (Å²) in [5.74, 6) is -0.623. The summed E-state index contributed by atoms with van der Waals surface area (Å²) in [6, 6.07) is 5.81. The molecule has 1 heterocycles. The Morgan fingerprint density at radius 1 is 1.22 bits per heavy atom. The van der Waals surface area contributed by atoms with Crippen molar-refractivity contribution in [1.82, 2.24) is 10.2 Å². The van der Waals surface area contributed by atoms with Crippen LogP contribution in [-0.2, 0) is 11.0 Å². The summed E-state index contributed by atoms with van der Waals surface area (Å²) in [4.78, 5) is 14.3. The Labute approximate surface area is 133 Å². The number of hydrogen-bond donors (Lipinski definition) is 1. The van der Waals surface area contributed by atoms with Gasteiger partial charge in [0.2, 0.25) is 5.91 Å². The molecule has 1 aliphatic heterocycles. The highest BCUT2D eigenvalue weighted by molar-refractivity contribution is 5.83. The maximum Gasteiger partial charge on any atom is 0.416 e. The third kappa shape index (κ3) is 3.37. The molecule has 1 aromatic carbocycles. The van der Waals surface area contributed by atoms with Crippen molar-refractivity contribution in [3.05, 3.63) is 35.4 Å². The minimum Gasteiger partial charge on any atom is -0.342 e. The van der Waals surface area contributed by atoms with E-state index in [4.69, 9.17) is 0 Å². The lowest BCUT2D eigenvalue weighted by Crippen LogP contribution is -2.44. The zero-order valence-corrected chi connectivity index (χ0v) is 13.1. The molecule has 2 atom stereocenters. The van der Waals surface area contributed by atoms with Gasteiger partial charge in [-0.2, -0.15) is 13.2 Å². The first-order valence-corrected chi connectivity index (χ1v) is 8.03. The van der Waals surface area contributed by atoms with Crippen LogP contribution in [0.3, 0.4) is 0 Å². The first-order valence-electron chi connectivity index (χ1n) is 8.03. The monoisotopic (exact) mass is 326 g/mol. The number of carbonyl (C=O) groups is 1. The van der Waals surface area contributed by atoms with Gasteiger partial charge in [0.25, 0.3) is 0 Å². The van der Waals surface area contributed by atoms with Crippen molar-refractivity contribution in [3.8, 4) is 0 Å². The van der Waals surface area contributed by atoms with Gasteiger partial charge in [0.15, 0.2) is 0 Å². The van der Waals surface area contributed by atoms with Crippen LogP contribution in [0.15, 0.2) is 24.3 Å². The summed E-state index contributed by atoms with van der Waals surface area (Å²) < 4.78 is 39.3. The molecule has 6 heteroatoms. The molecule has 1 aromatic rings. The molecule has 1 amide bonds. The second kappa shape index (κ2) is 6.15. The molecule has 0 unspecified atom stereocenters. The van der Waals surface area contributed by atoms with E-state index in [9.17, 15) is 18.0 Å². The number of hydrogen-bond acceptors (Lipinski definition) is 2. The lowest BCUT2D eigenvalue weighted by molar-refractivity contribution is -0.139. The van der Waals surface area contributed by atoms with Gasteiger partial charge in [-0.25, -0.2) is 0 Å². The zero-order valence-electron chi connectivity index (χ0n) is 13.1. The Bertz CT molecular complexity index is 581. The lowest BCUT2D eigenvalue weighted by Gasteiger charge is -2.32. The van der Waals surface area contributed by atoms with E-state index in [-0.39, 0.29) is 29.3 Å². The lowest BCUT2D eigenvalue weighted by atomic mass is 10.0. The van der Waals surface area contributed by atoms with E-state index >= 15 is 0 Å². The molecule has 0 radical (unpaired) electrons. The van der Waals surface area contributed by atoms with Gasteiger partial charge in [-0.3, -0.25) is 4.79 Å². The topological polar surface area (TPSA) is 32.3 Å². The Hall–Kier alpha value is -1.56. The molecular weight excluding hydrogens is 305 g/mol. The molecule has 1 saturated carbocycles. The molecule has 0 bridgehead atoms. The van der Waals surface area contributed by atoms with Gasteiger partial charge in [0.1, 0.15) is 0 Å². The molecular formula is C17H21F3N2O. The van der Waals surface area contributed by atoms with E-state index in [2.05, 4.69) is 5.32 Å². The maximum atomic E-state index is 13.1. The van der Waals surface area contributed by atoms with Gasteiger partial charge in [-0.05, 0) is 49.9 Å². The van der Waals surface area contributed by atoms with Crippen molar-refractivity contribution in [3.63, 3.8) is 0 Å². The number of carbonyl (C=O) groups excluding carboxylic acids is 1. The van der Waals surface area contributed by atoms with Crippen molar-refractivity contribution in [1.29, 1.82) is 0 Å². The van der Waals surface area contributed by atoms with Crippen LogP contribution in [0, 0.1) is 5.92 Å². The molecule has 1 aliphatic carbocycles. The van der Waals surface area contributed by atoms with E-state index in [0.29, 0.717) is 6.42 Å². The highest BCUT2D eigenvalue weighted by atomic mass is 19.4. The molecule has 1 N–H and O–H groups in total. The van der Waals surface area contributed by atoms with Gasteiger partial charge in [0.05, 0.1) is 5.56 Å². The average Bonchev–Trinajstić information content (AvgIpc) is 3.34. The Balaban J connectivity index is 1.71. The second-order valence-corrected chi connectivity index (χ2v) is 6.46. The maximum absolute atomic E-state index is 13.1. The molecule has 2 fully saturated rings. The van der Waals surface area contributed by atoms with Gasteiger partial charge in [0, 0.05) is 19.0 Å². The van der Waals surface area contributed by atoms with E-state index in [1.54, 1.807) is 18.0 Å². The fourth-order valence-electron chi connectivity index (χ4n) is 3.53. The smallest absolute Gasteiger partial charge is 0.342 e. The van der Waals surface area contributed by atoms with E-state index in [1.807, 2.05) is 0 Å². The Kier molecular flexibility index (Phi) is 4.36. The molecule has 2 aliphatic rings. The van der Waals surface area contributed by atoms with E-state index in [1.165, 1.54) is 12.1 Å². The van der Waals surface area contributed by atoms with Gasteiger partial charge in [-0.1, -0.05) is 18.2 Å². The number of benzene rings is 1. The van der Waals surface area contributed by atoms with Gasteiger partial charge < -0.3 is 10.2 Å². The fraction of sp³-hybridized carbons (Fsp3) is 0.588. The van der Waals surface area contributed by atoms with Crippen LogP contribution in [0.25, 0.3) is 0 Å². The predicted octanol–water partition coefficient (Wildman–Crippen LogP) is 3.02. The van der Waals surface area contributed by atoms with Crippen molar-refractivity contribution in [2.24, 2.45) is 5.92 Å². The minimum absolute atomic E-state index is 0.0149. The number of rotatable bonds is 3. The first-order chi connectivity index (χ1) is 10.9. The molecule has 3 rings (SSSR count). The number of nitrogens with zero attached hydrogens (tertiary/aromatic N) is 1. The van der Waals surface area contributed by atoms with Crippen LogP contribution < -0.4 is 5.32 Å². The molecule has 3 nitrogen and oxygen atoms in total. The molecule has 126 valence electrons. The quantitative estimate of drug-likeness (QED) is 0.926. The third-order valence-electron chi connectivity index (χ3n) is 4.98. The minimum atomic E-state index is -4.37. The van der Waals surface area contributed by atoms with Crippen LogP contribution in [0.5, 0.6) is 0 Å². The van der Waals surface area contributed by atoms with Crippen molar-refractivity contribution < 1.29 is 18.0 Å². The number of piperidine rings is 1. The fourth-order valence-corrected chi connectivity index (χ4v) is 3.53. The summed E-state index contributed by atoms with van der Waals surface area (Å²) in [5, 5.41) is 3.25. The van der Waals surface area contributed by atoms with Crippen LogP contribution >= 0.6 is 0 Å². The normalized spacial score (nSPS) is 25.2. The standard InChI is InChI=1S/C17H21F3N2O/c1-22(11-6-8-21-9-7-11)16(23)14-10-13(14)12-4-2-3-5-15(12)17(18,19)20/h2-5,11,13-14,21H,6-10H2,1H3/t13-,14-/m1/s1. The van der Waals surface area contributed by atoms with Crippen LogP contribution in [0.1, 0.15) is 36.3 Å². The van der Waals surface area contributed by atoms with E-state index < -0.39 is 11.7 Å². The first kappa shape index (κ1) is 16.3. The third-order valence-corrected chi connectivity index (χ3v) is 4.98. The van der Waals surface area contributed by atoms with E-state index in [0.717, 1.165) is 32.0 Å². The highest BCUT2D eigenvalue weighted by Gasteiger charge is 2.49. The van der Waals surface area contributed by atoms with Gasteiger partial charge >= 0.3 is 6.18 Å². The number of halogens is 3. The number of alkyl halides is 3. The SMILES string of the molecule is CN(C(=O)[C@@H]1C[C@@H]1c1ccccc1C(F)(F)F)C1CCNCC1. The second-order valence-electron chi connectivity index (χ2n) is 6.46. The summed E-state index contributed by atoms with van der Waals surface area (Å²) in [5.41, 5.74) is -0.345. The van der Waals surface area contributed by atoms with Crippen molar-refractivity contribution >= 4 is 5.91 Å². The Morgan fingerprint density at radius 3 is 2.52 bits per heavy atom. The van der Waals surface area contributed by atoms with Crippen molar-refractivity contribution in [2.45, 2.75) is 37.4 Å². The summed E-state index contributed by atoms with van der Waals surface area (Å²) >= 11 is 0.